The Morgan fingerprint density at radius 2 is 1.57 bits per heavy atom. The molecule has 0 fully saturated rings. The third kappa shape index (κ3) is 3.37. The van der Waals surface area contributed by atoms with Gasteiger partial charge in [0.25, 0.3) is 5.91 Å². The molecule has 0 radical (unpaired) electrons. The summed E-state index contributed by atoms with van der Waals surface area (Å²) < 4.78 is 3.85. The van der Waals surface area contributed by atoms with Crippen molar-refractivity contribution in [2.75, 3.05) is 0 Å². The summed E-state index contributed by atoms with van der Waals surface area (Å²) in [6, 6.07) is 29.6. The van der Waals surface area contributed by atoms with Crippen LogP contribution in [0.2, 0.25) is 0 Å². The Kier molecular flexibility index (Phi) is 4.62. The SMILES string of the molecule is O=C(NCc1ccccc1)c1cc(-c2ccn(-c3ccccc3)n2)n2ccccc12. The summed E-state index contributed by atoms with van der Waals surface area (Å²) in [5.74, 6) is -0.101. The number of para-hydroxylation sites is 1. The first-order chi connectivity index (χ1) is 14.8. The van der Waals surface area contributed by atoms with E-state index in [0.29, 0.717) is 12.1 Å². The molecule has 2 aromatic carbocycles. The molecule has 1 amide bonds. The molecule has 3 heterocycles. The Labute approximate surface area is 174 Å². The predicted octanol–water partition coefficient (Wildman–Crippen LogP) is 4.72. The van der Waals surface area contributed by atoms with E-state index >= 15 is 0 Å². The molecule has 0 aliphatic carbocycles. The van der Waals surface area contributed by atoms with Gasteiger partial charge in [-0.15, -0.1) is 0 Å². The van der Waals surface area contributed by atoms with Crippen molar-refractivity contribution in [3.8, 4) is 17.1 Å². The molecule has 0 atom stereocenters. The fourth-order valence-corrected chi connectivity index (χ4v) is 3.59. The molecule has 0 unspecified atom stereocenters. The molecule has 146 valence electrons. The van der Waals surface area contributed by atoms with E-state index in [1.807, 2.05) is 112 Å². The highest BCUT2D eigenvalue weighted by atomic mass is 16.1. The van der Waals surface area contributed by atoms with E-state index in [1.54, 1.807) is 0 Å². The zero-order valence-corrected chi connectivity index (χ0v) is 16.3. The molecule has 0 aliphatic heterocycles. The van der Waals surface area contributed by atoms with Gasteiger partial charge in [0, 0.05) is 18.9 Å². The molecule has 5 rings (SSSR count). The predicted molar refractivity (Wildman–Crippen MR) is 118 cm³/mol. The van der Waals surface area contributed by atoms with Gasteiger partial charge < -0.3 is 9.72 Å². The molecule has 1 N–H and O–H groups in total. The van der Waals surface area contributed by atoms with E-state index in [-0.39, 0.29) is 5.91 Å². The minimum atomic E-state index is -0.101. The van der Waals surface area contributed by atoms with E-state index in [4.69, 9.17) is 5.10 Å². The van der Waals surface area contributed by atoms with Gasteiger partial charge in [0.2, 0.25) is 0 Å². The van der Waals surface area contributed by atoms with E-state index in [0.717, 1.165) is 28.2 Å². The zero-order chi connectivity index (χ0) is 20.3. The van der Waals surface area contributed by atoms with Crippen LogP contribution in [-0.4, -0.2) is 20.1 Å². The first-order valence-corrected chi connectivity index (χ1v) is 9.83. The third-order valence-electron chi connectivity index (χ3n) is 5.09. The number of rotatable bonds is 5. The van der Waals surface area contributed by atoms with Crippen molar-refractivity contribution in [3.63, 3.8) is 0 Å². The van der Waals surface area contributed by atoms with Crippen LogP contribution in [-0.2, 0) is 6.54 Å². The number of pyridine rings is 1. The molecule has 5 heteroatoms. The second kappa shape index (κ2) is 7.72. The maximum Gasteiger partial charge on any atom is 0.253 e. The highest BCUT2D eigenvalue weighted by Crippen LogP contribution is 2.26. The Balaban J connectivity index is 1.49. The van der Waals surface area contributed by atoms with Crippen LogP contribution in [0.3, 0.4) is 0 Å². The molecular formula is C25H20N4O. The lowest BCUT2D eigenvalue weighted by atomic mass is 10.2. The highest BCUT2D eigenvalue weighted by Gasteiger charge is 2.17. The van der Waals surface area contributed by atoms with Gasteiger partial charge in [-0.3, -0.25) is 4.79 Å². The van der Waals surface area contributed by atoms with Gasteiger partial charge in [0.15, 0.2) is 0 Å². The van der Waals surface area contributed by atoms with Crippen LogP contribution in [0.1, 0.15) is 15.9 Å². The Hall–Kier alpha value is -4.12. The summed E-state index contributed by atoms with van der Waals surface area (Å²) in [7, 11) is 0. The van der Waals surface area contributed by atoms with E-state index in [9.17, 15) is 4.79 Å². The molecule has 3 aromatic heterocycles. The Morgan fingerprint density at radius 1 is 0.833 bits per heavy atom. The fraction of sp³-hybridized carbons (Fsp3) is 0.0400. The number of nitrogens with one attached hydrogen (secondary N) is 1. The lowest BCUT2D eigenvalue weighted by Crippen LogP contribution is -2.22. The molecule has 0 spiro atoms. The number of carbonyl (C=O) groups is 1. The van der Waals surface area contributed by atoms with Crippen LogP contribution in [0.15, 0.2) is 103 Å². The Bertz CT molecular complexity index is 1300. The number of hydrogen-bond acceptors (Lipinski definition) is 2. The number of amides is 1. The average Bonchev–Trinajstić information content (AvgIpc) is 3.44. The van der Waals surface area contributed by atoms with Gasteiger partial charge in [0.1, 0.15) is 5.69 Å². The minimum Gasteiger partial charge on any atom is -0.348 e. The van der Waals surface area contributed by atoms with Gasteiger partial charge in [-0.05, 0) is 42.0 Å². The minimum absolute atomic E-state index is 0.101. The molecule has 0 aliphatic rings. The number of benzene rings is 2. The summed E-state index contributed by atoms with van der Waals surface area (Å²) in [4.78, 5) is 13.0. The van der Waals surface area contributed by atoms with Crippen LogP contribution in [0, 0.1) is 0 Å². The first-order valence-electron chi connectivity index (χ1n) is 9.83. The fourth-order valence-electron chi connectivity index (χ4n) is 3.59. The molecule has 5 nitrogen and oxygen atoms in total. The molecule has 5 aromatic rings. The highest BCUT2D eigenvalue weighted by molar-refractivity contribution is 6.02. The van der Waals surface area contributed by atoms with Crippen molar-refractivity contribution in [1.82, 2.24) is 19.5 Å². The van der Waals surface area contributed by atoms with Gasteiger partial charge in [-0.2, -0.15) is 5.10 Å². The molecule has 0 saturated heterocycles. The monoisotopic (exact) mass is 392 g/mol. The second-order valence-electron chi connectivity index (χ2n) is 7.05. The van der Waals surface area contributed by atoms with Crippen molar-refractivity contribution in [2.24, 2.45) is 0 Å². The van der Waals surface area contributed by atoms with Crippen molar-refractivity contribution in [2.45, 2.75) is 6.54 Å². The summed E-state index contributed by atoms with van der Waals surface area (Å²) in [5.41, 5.74) is 5.23. The second-order valence-corrected chi connectivity index (χ2v) is 7.05. The molecule has 0 bridgehead atoms. The van der Waals surface area contributed by atoms with Gasteiger partial charge in [0.05, 0.1) is 22.5 Å². The van der Waals surface area contributed by atoms with Crippen LogP contribution < -0.4 is 5.32 Å². The number of hydrogen-bond donors (Lipinski definition) is 1. The Morgan fingerprint density at radius 3 is 2.37 bits per heavy atom. The number of carbonyl (C=O) groups excluding carboxylic acids is 1. The maximum absolute atomic E-state index is 13.0. The third-order valence-corrected chi connectivity index (χ3v) is 5.09. The van der Waals surface area contributed by atoms with Crippen molar-refractivity contribution < 1.29 is 4.79 Å². The summed E-state index contributed by atoms with van der Waals surface area (Å²) in [6.45, 7) is 0.488. The smallest absolute Gasteiger partial charge is 0.253 e. The van der Waals surface area contributed by atoms with Gasteiger partial charge >= 0.3 is 0 Å². The van der Waals surface area contributed by atoms with Crippen molar-refractivity contribution in [3.05, 3.63) is 115 Å². The van der Waals surface area contributed by atoms with Crippen LogP contribution in [0.5, 0.6) is 0 Å². The van der Waals surface area contributed by atoms with Crippen LogP contribution in [0.4, 0.5) is 0 Å². The molecule has 0 saturated carbocycles. The summed E-state index contributed by atoms with van der Waals surface area (Å²) >= 11 is 0. The largest absolute Gasteiger partial charge is 0.348 e. The number of fused-ring (bicyclic) bond motifs is 1. The standard InChI is InChI=1S/C25H20N4O/c30-25(26-18-19-9-3-1-4-10-19)21-17-24(28-15-8-7-13-23(21)28)22-14-16-29(27-22)20-11-5-2-6-12-20/h1-17H,18H2,(H,26,30). The number of aromatic nitrogens is 3. The van der Waals surface area contributed by atoms with E-state index < -0.39 is 0 Å². The quantitative estimate of drug-likeness (QED) is 0.470. The van der Waals surface area contributed by atoms with Gasteiger partial charge in [-0.25, -0.2) is 4.68 Å². The molecular weight excluding hydrogens is 372 g/mol. The average molecular weight is 392 g/mol. The zero-order valence-electron chi connectivity index (χ0n) is 16.3. The first kappa shape index (κ1) is 17.9. The lowest BCUT2D eigenvalue weighted by molar-refractivity contribution is 0.0952. The van der Waals surface area contributed by atoms with Crippen molar-refractivity contribution >= 4 is 11.4 Å². The van der Waals surface area contributed by atoms with Gasteiger partial charge in [-0.1, -0.05) is 54.6 Å². The van der Waals surface area contributed by atoms with Crippen LogP contribution in [0.25, 0.3) is 22.6 Å². The van der Waals surface area contributed by atoms with E-state index in [2.05, 4.69) is 5.32 Å². The topological polar surface area (TPSA) is 51.3 Å². The van der Waals surface area contributed by atoms with Crippen molar-refractivity contribution in [1.29, 1.82) is 0 Å². The van der Waals surface area contributed by atoms with Crippen LogP contribution >= 0.6 is 0 Å². The lowest BCUT2D eigenvalue weighted by Gasteiger charge is -2.04. The van der Waals surface area contributed by atoms with E-state index in [1.165, 1.54) is 0 Å². The summed E-state index contributed by atoms with van der Waals surface area (Å²) in [5, 5.41) is 7.76. The summed E-state index contributed by atoms with van der Waals surface area (Å²) in [6.07, 6.45) is 3.89. The number of nitrogens with zero attached hydrogens (tertiary/aromatic N) is 3. The maximum atomic E-state index is 13.0. The molecule has 30 heavy (non-hydrogen) atoms. The normalized spacial score (nSPS) is 10.9.